The Balaban J connectivity index is 3.35. The molecular weight excluding hydrogens is 315 g/mol. The van der Waals surface area contributed by atoms with E-state index in [4.69, 9.17) is 0 Å². The molecule has 0 aliphatic heterocycles. The van der Waals surface area contributed by atoms with Crippen molar-refractivity contribution in [3.05, 3.63) is 0 Å². The second-order valence-electron chi connectivity index (χ2n) is 4.62. The lowest BCUT2D eigenvalue weighted by molar-refractivity contribution is -0.122. The lowest BCUT2D eigenvalue weighted by Crippen LogP contribution is -2.08. The van der Waals surface area contributed by atoms with E-state index in [-0.39, 0.29) is 9.84 Å². The number of carbonyl (C=O) groups is 2. The van der Waals surface area contributed by atoms with E-state index < -0.39 is 0 Å². The van der Waals surface area contributed by atoms with Gasteiger partial charge in [0, 0.05) is 18.8 Å². The first-order valence-electron chi connectivity index (χ1n) is 6.14. The maximum Gasteiger partial charge on any atom is 0.145 e. The predicted octanol–water partition coefficient (Wildman–Crippen LogP) is 3.94. The summed E-state index contributed by atoms with van der Waals surface area (Å²) < 4.78 is 0.139. The van der Waals surface area contributed by atoms with Gasteiger partial charge >= 0.3 is 0 Å². The molecule has 1 atom stereocenters. The molecule has 0 aromatic carbocycles. The Morgan fingerprint density at radius 2 is 1.31 bits per heavy atom. The van der Waals surface area contributed by atoms with E-state index in [9.17, 15) is 9.59 Å². The molecule has 0 heterocycles. The fourth-order valence-electron chi connectivity index (χ4n) is 1.44. The first kappa shape index (κ1) is 16.1. The zero-order chi connectivity index (χ0) is 12.6. The molecule has 1 unspecified atom stereocenters. The second kappa shape index (κ2) is 9.14. The van der Waals surface area contributed by atoms with Crippen LogP contribution in [0.3, 0.4) is 0 Å². The maximum atomic E-state index is 11.3. The van der Waals surface area contributed by atoms with Crippen LogP contribution in [0.4, 0.5) is 0 Å². The molecular formula is C13H23IO2. The fraction of sp³-hybridized carbons (Fsp3) is 0.846. The smallest absolute Gasteiger partial charge is 0.145 e. The van der Waals surface area contributed by atoms with Crippen LogP contribution in [0, 0.1) is 5.92 Å². The van der Waals surface area contributed by atoms with Crippen LogP contribution in [0.15, 0.2) is 0 Å². The third-order valence-electron chi connectivity index (χ3n) is 2.68. The van der Waals surface area contributed by atoms with Gasteiger partial charge in [0.05, 0.1) is 3.92 Å². The van der Waals surface area contributed by atoms with Gasteiger partial charge < -0.3 is 0 Å². The molecule has 0 saturated carbocycles. The van der Waals surface area contributed by atoms with Gasteiger partial charge in [0.2, 0.25) is 0 Å². The van der Waals surface area contributed by atoms with E-state index in [2.05, 4.69) is 22.6 Å². The second-order valence-corrected chi connectivity index (χ2v) is 6.49. The van der Waals surface area contributed by atoms with Crippen molar-refractivity contribution in [2.24, 2.45) is 5.92 Å². The molecule has 0 N–H and O–H groups in total. The summed E-state index contributed by atoms with van der Waals surface area (Å²) >= 11 is 2.16. The lowest BCUT2D eigenvalue weighted by Gasteiger charge is -2.04. The third kappa shape index (κ3) is 8.25. The van der Waals surface area contributed by atoms with Crippen molar-refractivity contribution < 1.29 is 9.59 Å². The molecule has 0 amide bonds. The normalized spacial score (nSPS) is 12.8. The van der Waals surface area contributed by atoms with Crippen LogP contribution >= 0.6 is 22.6 Å². The quantitative estimate of drug-likeness (QED) is 0.362. The number of ketones is 2. The van der Waals surface area contributed by atoms with Gasteiger partial charge in [0.15, 0.2) is 0 Å². The van der Waals surface area contributed by atoms with Crippen LogP contribution in [0.25, 0.3) is 0 Å². The van der Waals surface area contributed by atoms with Gasteiger partial charge in [-0.05, 0) is 19.8 Å². The van der Waals surface area contributed by atoms with E-state index >= 15 is 0 Å². The number of hydrogen-bond donors (Lipinski definition) is 0. The molecule has 0 aliphatic carbocycles. The number of carbonyl (C=O) groups excluding carboxylic acids is 2. The Kier molecular flexibility index (Phi) is 9.18. The summed E-state index contributed by atoms with van der Waals surface area (Å²) in [5, 5.41) is 0. The molecule has 0 aliphatic rings. The molecule has 0 aromatic heterocycles. The molecule has 0 rings (SSSR count). The van der Waals surface area contributed by atoms with E-state index in [0.717, 1.165) is 25.7 Å². The van der Waals surface area contributed by atoms with Crippen LogP contribution in [0.2, 0.25) is 0 Å². The molecule has 0 saturated heterocycles. The van der Waals surface area contributed by atoms with Crippen molar-refractivity contribution in [1.29, 1.82) is 0 Å². The monoisotopic (exact) mass is 338 g/mol. The van der Waals surface area contributed by atoms with Crippen molar-refractivity contribution in [2.45, 2.75) is 63.2 Å². The summed E-state index contributed by atoms with van der Waals surface area (Å²) in [6, 6.07) is 0. The Bertz CT molecular complexity index is 198. The highest BCUT2D eigenvalue weighted by molar-refractivity contribution is 14.1. The van der Waals surface area contributed by atoms with Gasteiger partial charge in [-0.25, -0.2) is 0 Å². The number of hydrogen-bond acceptors (Lipinski definition) is 2. The van der Waals surface area contributed by atoms with Gasteiger partial charge in [0.1, 0.15) is 11.6 Å². The number of alkyl halides is 1. The summed E-state index contributed by atoms with van der Waals surface area (Å²) in [6.45, 7) is 5.83. The Hall–Kier alpha value is 0.0700. The topological polar surface area (TPSA) is 34.1 Å². The predicted molar refractivity (Wildman–Crippen MR) is 76.0 cm³/mol. The Labute approximate surface area is 113 Å². The molecule has 16 heavy (non-hydrogen) atoms. The van der Waals surface area contributed by atoms with Crippen LogP contribution in [-0.4, -0.2) is 15.5 Å². The van der Waals surface area contributed by atoms with Gasteiger partial charge in [-0.3, -0.25) is 9.59 Å². The van der Waals surface area contributed by atoms with Crippen LogP contribution in [0.5, 0.6) is 0 Å². The van der Waals surface area contributed by atoms with E-state index in [0.29, 0.717) is 24.4 Å². The largest absolute Gasteiger partial charge is 0.299 e. The van der Waals surface area contributed by atoms with E-state index in [1.165, 1.54) is 0 Å². The molecule has 0 aromatic rings. The molecule has 2 nitrogen and oxygen atoms in total. The molecule has 0 bridgehead atoms. The minimum absolute atomic E-state index is 0.139. The molecule has 94 valence electrons. The zero-order valence-electron chi connectivity index (χ0n) is 10.6. The van der Waals surface area contributed by atoms with Crippen molar-refractivity contribution in [2.75, 3.05) is 0 Å². The molecule has 0 fully saturated rings. The number of Topliss-reactive ketones (excluding diaryl/α,β-unsaturated/α-hetero) is 2. The van der Waals surface area contributed by atoms with Crippen molar-refractivity contribution in [3.8, 4) is 0 Å². The van der Waals surface area contributed by atoms with Gasteiger partial charge in [0.25, 0.3) is 0 Å². The SMILES string of the molecule is CC(C)C(=O)CCCCCCC(=O)C(C)I. The molecule has 3 heteroatoms. The van der Waals surface area contributed by atoms with E-state index in [1.54, 1.807) is 0 Å². The third-order valence-corrected chi connectivity index (χ3v) is 3.38. The standard InChI is InChI=1S/C13H23IO2/c1-10(2)12(15)8-6-4-5-7-9-13(16)11(3)14/h10-11H,4-9H2,1-3H3. The van der Waals surface area contributed by atoms with Gasteiger partial charge in [-0.15, -0.1) is 0 Å². The molecule has 0 radical (unpaired) electrons. The minimum atomic E-state index is 0.139. The van der Waals surface area contributed by atoms with Crippen molar-refractivity contribution in [3.63, 3.8) is 0 Å². The maximum absolute atomic E-state index is 11.3. The number of rotatable bonds is 9. The average molecular weight is 338 g/mol. The van der Waals surface area contributed by atoms with Crippen molar-refractivity contribution >= 4 is 34.2 Å². The molecule has 0 spiro atoms. The van der Waals surface area contributed by atoms with Gasteiger partial charge in [-0.1, -0.05) is 49.3 Å². The highest BCUT2D eigenvalue weighted by atomic mass is 127. The number of unbranched alkanes of at least 4 members (excludes halogenated alkanes) is 3. The number of halogens is 1. The van der Waals surface area contributed by atoms with E-state index in [1.807, 2.05) is 20.8 Å². The summed E-state index contributed by atoms with van der Waals surface area (Å²) in [5.74, 6) is 0.872. The van der Waals surface area contributed by atoms with Crippen LogP contribution in [-0.2, 0) is 9.59 Å². The van der Waals surface area contributed by atoms with Crippen LogP contribution < -0.4 is 0 Å². The first-order valence-corrected chi connectivity index (χ1v) is 7.39. The minimum Gasteiger partial charge on any atom is -0.299 e. The highest BCUT2D eigenvalue weighted by Gasteiger charge is 2.08. The summed E-state index contributed by atoms with van der Waals surface area (Å²) in [7, 11) is 0. The van der Waals surface area contributed by atoms with Gasteiger partial charge in [-0.2, -0.15) is 0 Å². The van der Waals surface area contributed by atoms with Crippen LogP contribution in [0.1, 0.15) is 59.3 Å². The average Bonchev–Trinajstić information content (AvgIpc) is 2.21. The lowest BCUT2D eigenvalue weighted by atomic mass is 10.0. The Morgan fingerprint density at radius 1 is 0.875 bits per heavy atom. The summed E-state index contributed by atoms with van der Waals surface area (Å²) in [6.07, 6.45) is 5.49. The fourth-order valence-corrected chi connectivity index (χ4v) is 1.75. The summed E-state index contributed by atoms with van der Waals surface area (Å²) in [5.41, 5.74) is 0. The zero-order valence-corrected chi connectivity index (χ0v) is 12.7. The van der Waals surface area contributed by atoms with Crippen molar-refractivity contribution in [1.82, 2.24) is 0 Å². The highest BCUT2D eigenvalue weighted by Crippen LogP contribution is 2.11. The first-order chi connectivity index (χ1) is 7.45. The Morgan fingerprint density at radius 3 is 1.69 bits per heavy atom. The summed E-state index contributed by atoms with van der Waals surface area (Å²) in [4.78, 5) is 22.6.